The van der Waals surface area contributed by atoms with E-state index >= 15 is 0 Å². The Balaban J connectivity index is 5.30. The van der Waals surface area contributed by atoms with Crippen LogP contribution in [0.25, 0.3) is 0 Å². The van der Waals surface area contributed by atoms with Crippen LogP contribution in [-0.4, -0.2) is 96.7 Å². The molecule has 0 bridgehead atoms. The second kappa shape index (κ2) is 69.7. The van der Waals surface area contributed by atoms with Gasteiger partial charge in [-0.15, -0.1) is 0 Å². The van der Waals surface area contributed by atoms with Gasteiger partial charge in [0.15, 0.2) is 12.2 Å². The van der Waals surface area contributed by atoms with Crippen LogP contribution in [-0.2, 0) is 65.4 Å². The molecule has 0 amide bonds. The van der Waals surface area contributed by atoms with Crippen molar-refractivity contribution in [1.29, 1.82) is 0 Å². The average Bonchev–Trinajstić information content (AvgIpc) is 0.963. The Kier molecular flexibility index (Phi) is 67.6. The highest BCUT2D eigenvalue weighted by Crippen LogP contribution is 2.45. The molecule has 3 unspecified atom stereocenters. The summed E-state index contributed by atoms with van der Waals surface area (Å²) in [6.07, 6.45) is 64.1. The normalized spacial score (nSPS) is 14.3. The number of ether oxygens (including phenoxy) is 4. The Morgan fingerprint density at radius 3 is 0.827 bits per heavy atom. The van der Waals surface area contributed by atoms with Gasteiger partial charge in [-0.1, -0.05) is 308 Å². The summed E-state index contributed by atoms with van der Waals surface area (Å²) in [7, 11) is -9.94. The van der Waals surface area contributed by atoms with Crippen LogP contribution in [0.3, 0.4) is 0 Å². The number of carbonyl (C=O) groups is 4. The highest BCUT2D eigenvalue weighted by molar-refractivity contribution is 7.47. The molecule has 0 heterocycles. The lowest BCUT2D eigenvalue weighted by atomic mass is 10.0. The molecule has 0 aromatic rings. The quantitative estimate of drug-likeness (QED) is 0.0169. The fourth-order valence-corrected chi connectivity index (χ4v) is 12.7. The van der Waals surface area contributed by atoms with Gasteiger partial charge in [0.1, 0.15) is 19.3 Å². The van der Waals surface area contributed by atoms with E-state index in [4.69, 9.17) is 37.0 Å². The number of hydrogen-bond donors (Lipinski definition) is 3. The van der Waals surface area contributed by atoms with Crippen LogP contribution >= 0.6 is 15.6 Å². The second-order valence-electron chi connectivity index (χ2n) is 28.0. The summed E-state index contributed by atoms with van der Waals surface area (Å²) < 4.78 is 68.5. The lowest BCUT2D eigenvalue weighted by molar-refractivity contribution is -0.161. The summed E-state index contributed by atoms with van der Waals surface area (Å²) in [6.45, 7) is 9.45. The van der Waals surface area contributed by atoms with Gasteiger partial charge in [-0.2, -0.15) is 0 Å². The van der Waals surface area contributed by atoms with Crippen molar-refractivity contribution in [2.24, 2.45) is 11.8 Å². The molecule has 19 heteroatoms. The minimum Gasteiger partial charge on any atom is -0.462 e. The van der Waals surface area contributed by atoms with Crippen molar-refractivity contribution in [2.75, 3.05) is 39.6 Å². The average molecular weight is 1430 g/mol. The Hall–Kier alpha value is -2.98. The minimum absolute atomic E-state index is 0.0817. The molecular formula is C79H146O17P2. The number of esters is 4. The van der Waals surface area contributed by atoms with Crippen LogP contribution in [0.4, 0.5) is 0 Å². The van der Waals surface area contributed by atoms with Crippen LogP contribution in [0.15, 0.2) is 48.6 Å². The maximum Gasteiger partial charge on any atom is 0.472 e. The number of rotatable bonds is 74. The summed E-state index contributed by atoms with van der Waals surface area (Å²) in [5.74, 6) is -0.671. The molecule has 0 aromatic heterocycles. The largest absolute Gasteiger partial charge is 0.472 e. The maximum absolute atomic E-state index is 13.1. The SMILES string of the molecule is CCCCCC/C=C\C=C/CCCCCCCC(=O)O[C@H](COC(=O)CCCCCCCCCCCCCCCCCC(C)C)COP(=O)(O)OCC(O)COP(=O)(O)OC[C@@H](COC(=O)CCCCCCCCCC(C)C)OC(=O)CCCCCCC/C=C\C=C/CCCCCC. The van der Waals surface area contributed by atoms with Gasteiger partial charge < -0.3 is 33.8 Å². The molecule has 574 valence electrons. The number of carbonyl (C=O) groups excluding carboxylic acids is 4. The molecule has 3 N–H and O–H groups in total. The van der Waals surface area contributed by atoms with E-state index in [9.17, 15) is 43.2 Å². The number of aliphatic hydroxyl groups excluding tert-OH is 1. The van der Waals surface area contributed by atoms with Gasteiger partial charge in [-0.25, -0.2) is 9.13 Å². The predicted molar refractivity (Wildman–Crippen MR) is 400 cm³/mol. The first kappa shape index (κ1) is 95.0. The van der Waals surface area contributed by atoms with Crippen molar-refractivity contribution in [2.45, 2.75) is 381 Å². The first-order valence-corrected chi connectivity index (χ1v) is 42.6. The van der Waals surface area contributed by atoms with Crippen molar-refractivity contribution in [1.82, 2.24) is 0 Å². The summed E-state index contributed by atoms with van der Waals surface area (Å²) in [5.41, 5.74) is 0. The summed E-state index contributed by atoms with van der Waals surface area (Å²) in [6, 6.07) is 0. The van der Waals surface area contributed by atoms with Gasteiger partial charge in [0.05, 0.1) is 26.4 Å². The van der Waals surface area contributed by atoms with E-state index in [0.29, 0.717) is 31.6 Å². The number of allylic oxidation sites excluding steroid dienone is 8. The van der Waals surface area contributed by atoms with Crippen LogP contribution in [0.1, 0.15) is 363 Å². The van der Waals surface area contributed by atoms with Crippen LogP contribution in [0.5, 0.6) is 0 Å². The highest BCUT2D eigenvalue weighted by atomic mass is 31.2. The topological polar surface area (TPSA) is 237 Å². The number of phosphoric ester groups is 2. The molecule has 98 heavy (non-hydrogen) atoms. The number of phosphoric acid groups is 2. The van der Waals surface area contributed by atoms with Gasteiger partial charge in [0.25, 0.3) is 0 Å². The van der Waals surface area contributed by atoms with E-state index < -0.39 is 97.5 Å². The van der Waals surface area contributed by atoms with E-state index in [0.717, 1.165) is 128 Å². The van der Waals surface area contributed by atoms with Gasteiger partial charge in [0, 0.05) is 25.7 Å². The lowest BCUT2D eigenvalue weighted by Crippen LogP contribution is -2.30. The fourth-order valence-electron chi connectivity index (χ4n) is 11.1. The third kappa shape index (κ3) is 71.4. The van der Waals surface area contributed by atoms with Gasteiger partial charge in [0.2, 0.25) is 0 Å². The molecule has 17 nitrogen and oxygen atoms in total. The van der Waals surface area contributed by atoms with E-state index in [1.165, 1.54) is 148 Å². The number of unbranched alkanes of at least 4 members (excludes halogenated alkanes) is 38. The molecule has 0 saturated heterocycles. The van der Waals surface area contributed by atoms with Crippen molar-refractivity contribution in [3.8, 4) is 0 Å². The van der Waals surface area contributed by atoms with Crippen molar-refractivity contribution in [3.05, 3.63) is 48.6 Å². The molecule has 5 atom stereocenters. The van der Waals surface area contributed by atoms with Crippen LogP contribution < -0.4 is 0 Å². The van der Waals surface area contributed by atoms with E-state index in [1.807, 2.05) is 0 Å². The maximum atomic E-state index is 13.1. The Morgan fingerprint density at radius 2 is 0.551 bits per heavy atom. The van der Waals surface area contributed by atoms with E-state index in [-0.39, 0.29) is 25.7 Å². The summed E-state index contributed by atoms with van der Waals surface area (Å²) in [5, 5.41) is 10.6. The van der Waals surface area contributed by atoms with Crippen molar-refractivity contribution < 1.29 is 80.2 Å². The smallest absolute Gasteiger partial charge is 0.462 e. The van der Waals surface area contributed by atoms with Crippen LogP contribution in [0, 0.1) is 11.8 Å². The van der Waals surface area contributed by atoms with Gasteiger partial charge >= 0.3 is 39.5 Å². The Bertz CT molecular complexity index is 2080. The zero-order chi connectivity index (χ0) is 72.1. The van der Waals surface area contributed by atoms with Crippen LogP contribution in [0.2, 0.25) is 0 Å². The Labute approximate surface area is 597 Å². The number of aliphatic hydroxyl groups is 1. The standard InChI is InChI=1S/C79H146O17P2/c1-7-9-11-13-15-17-19-21-24-30-34-38-44-51-57-63-78(83)95-74(67-89-76(81)61-55-49-43-37-33-29-27-23-26-28-32-36-41-47-53-59-71(3)4)69-93-97(85,86)91-65-73(80)66-92-98(87,88)94-70-75(68-90-77(82)62-56-50-46-40-42-48-54-60-72(5)6)96-79(84)64-58-52-45-39-35-31-25-22-20-18-16-14-12-10-8-2/h17-22,24-25,71-75,80H,7-16,23,26-70H2,1-6H3,(H,85,86)(H,87,88)/b19-17-,20-18-,24-21-,25-22-/t73?,74-,75-/m1/s1. The molecule has 0 aliphatic heterocycles. The molecule has 0 radical (unpaired) electrons. The van der Waals surface area contributed by atoms with Crippen molar-refractivity contribution in [3.63, 3.8) is 0 Å². The lowest BCUT2D eigenvalue weighted by Gasteiger charge is -2.21. The Morgan fingerprint density at radius 1 is 0.316 bits per heavy atom. The molecule has 0 aliphatic carbocycles. The molecule has 0 rings (SSSR count). The zero-order valence-corrected chi connectivity index (χ0v) is 64.8. The third-order valence-electron chi connectivity index (χ3n) is 17.2. The molecular weight excluding hydrogens is 1280 g/mol. The molecule has 0 aromatic carbocycles. The molecule has 0 fully saturated rings. The monoisotopic (exact) mass is 1430 g/mol. The predicted octanol–water partition coefficient (Wildman–Crippen LogP) is 22.6. The first-order chi connectivity index (χ1) is 47.4. The van der Waals surface area contributed by atoms with E-state index in [2.05, 4.69) is 90.2 Å². The summed E-state index contributed by atoms with van der Waals surface area (Å²) in [4.78, 5) is 72.9. The van der Waals surface area contributed by atoms with Gasteiger partial charge in [-0.05, 0) is 88.9 Å². The van der Waals surface area contributed by atoms with Gasteiger partial charge in [-0.3, -0.25) is 37.3 Å². The zero-order valence-electron chi connectivity index (χ0n) is 63.1. The molecule has 0 saturated carbocycles. The fraction of sp³-hybridized carbons (Fsp3) is 0.848. The molecule has 0 aliphatic rings. The number of hydrogen-bond acceptors (Lipinski definition) is 15. The van der Waals surface area contributed by atoms with E-state index in [1.54, 1.807) is 0 Å². The highest BCUT2D eigenvalue weighted by Gasteiger charge is 2.30. The third-order valence-corrected chi connectivity index (χ3v) is 19.1. The molecule has 0 spiro atoms. The van der Waals surface area contributed by atoms with Crippen molar-refractivity contribution >= 4 is 39.5 Å². The second-order valence-corrected chi connectivity index (χ2v) is 30.9. The summed E-state index contributed by atoms with van der Waals surface area (Å²) >= 11 is 0. The minimum atomic E-state index is -4.97. The first-order valence-electron chi connectivity index (χ1n) is 39.6.